The van der Waals surface area contributed by atoms with E-state index in [1.54, 1.807) is 0 Å². The van der Waals surface area contributed by atoms with Gasteiger partial charge >= 0.3 is 0 Å². The van der Waals surface area contributed by atoms with E-state index in [-0.39, 0.29) is 0 Å². The molecule has 150 valence electrons. The minimum Gasteiger partial charge on any atom is -0.356 e. The van der Waals surface area contributed by atoms with E-state index in [2.05, 4.69) is 33.5 Å². The predicted octanol–water partition coefficient (Wildman–Crippen LogP) is 3.26. The van der Waals surface area contributed by atoms with Gasteiger partial charge in [-0.1, -0.05) is 19.8 Å². The maximum atomic E-state index is 4.80. The second kappa shape index (κ2) is 8.44. The highest BCUT2D eigenvalue weighted by atomic mass is 15.3. The number of rotatable bonds is 5. The Balaban J connectivity index is 1.30. The zero-order chi connectivity index (χ0) is 18.8. The molecule has 3 fully saturated rings. The molecule has 0 spiro atoms. The Morgan fingerprint density at radius 3 is 2.52 bits per heavy atom. The summed E-state index contributed by atoms with van der Waals surface area (Å²) < 4.78 is 0. The van der Waals surface area contributed by atoms with Gasteiger partial charge in [0.25, 0.3) is 0 Å². The van der Waals surface area contributed by atoms with Gasteiger partial charge in [0, 0.05) is 56.1 Å². The first-order valence-electron chi connectivity index (χ1n) is 11.2. The van der Waals surface area contributed by atoms with Crippen LogP contribution in [0.25, 0.3) is 0 Å². The summed E-state index contributed by atoms with van der Waals surface area (Å²) in [6.07, 6.45) is 11.1. The molecule has 3 aliphatic rings. The lowest BCUT2D eigenvalue weighted by Crippen LogP contribution is -2.65. The molecule has 0 saturated carbocycles. The van der Waals surface area contributed by atoms with Gasteiger partial charge in [-0.2, -0.15) is 0 Å². The molecule has 5 nitrogen and oxygen atoms in total. The zero-order valence-electron chi connectivity index (χ0n) is 17.5. The average molecular weight is 372 g/mol. The Labute approximate surface area is 165 Å². The smallest absolute Gasteiger partial charge is 0.135 e. The van der Waals surface area contributed by atoms with Crippen molar-refractivity contribution in [2.45, 2.75) is 83.8 Å². The molecule has 1 aromatic heterocycles. The van der Waals surface area contributed by atoms with E-state index >= 15 is 0 Å². The predicted molar refractivity (Wildman–Crippen MR) is 111 cm³/mol. The Hall–Kier alpha value is -1.20. The molecule has 4 heterocycles. The summed E-state index contributed by atoms with van der Waals surface area (Å²) in [5.74, 6) is 2.10. The van der Waals surface area contributed by atoms with Crippen LogP contribution in [0.5, 0.6) is 0 Å². The van der Waals surface area contributed by atoms with E-state index in [1.165, 1.54) is 63.1 Å². The van der Waals surface area contributed by atoms with Gasteiger partial charge < -0.3 is 4.90 Å². The molecule has 0 N–H and O–H groups in total. The molecule has 0 aromatic carbocycles. The van der Waals surface area contributed by atoms with Gasteiger partial charge in [0.05, 0.1) is 0 Å². The molecule has 3 aliphatic heterocycles. The largest absolute Gasteiger partial charge is 0.356 e. The van der Waals surface area contributed by atoms with E-state index in [4.69, 9.17) is 4.98 Å². The van der Waals surface area contributed by atoms with Crippen molar-refractivity contribution in [1.82, 2.24) is 19.8 Å². The van der Waals surface area contributed by atoms with Crippen molar-refractivity contribution in [2.24, 2.45) is 0 Å². The maximum absolute atomic E-state index is 4.80. The third-order valence-corrected chi connectivity index (χ3v) is 6.98. The van der Waals surface area contributed by atoms with Crippen molar-refractivity contribution < 1.29 is 0 Å². The molecule has 1 atom stereocenters. The molecule has 27 heavy (non-hydrogen) atoms. The SMILES string of the molecule is CCCc1cnc(C)nc1N1CCC(N2CC(N3CCCCC3C)C2)CC1. The van der Waals surface area contributed by atoms with Gasteiger partial charge in [-0.15, -0.1) is 0 Å². The average Bonchev–Trinajstić information content (AvgIpc) is 2.64. The van der Waals surface area contributed by atoms with Crippen LogP contribution >= 0.6 is 0 Å². The minimum atomic E-state index is 0.773. The highest BCUT2D eigenvalue weighted by Gasteiger charge is 2.39. The van der Waals surface area contributed by atoms with Crippen molar-refractivity contribution in [3.05, 3.63) is 17.6 Å². The van der Waals surface area contributed by atoms with Crippen LogP contribution in [-0.2, 0) is 6.42 Å². The summed E-state index contributed by atoms with van der Waals surface area (Å²) in [7, 11) is 0. The fraction of sp³-hybridized carbons (Fsp3) is 0.818. The number of hydrogen-bond donors (Lipinski definition) is 0. The summed E-state index contributed by atoms with van der Waals surface area (Å²) in [4.78, 5) is 17.3. The van der Waals surface area contributed by atoms with Crippen LogP contribution < -0.4 is 4.90 Å². The van der Waals surface area contributed by atoms with Gasteiger partial charge in [-0.05, 0) is 52.5 Å². The Morgan fingerprint density at radius 1 is 1.04 bits per heavy atom. The highest BCUT2D eigenvalue weighted by molar-refractivity contribution is 5.46. The number of aromatic nitrogens is 2. The molecule has 5 heteroatoms. The maximum Gasteiger partial charge on any atom is 0.135 e. The summed E-state index contributed by atoms with van der Waals surface area (Å²) in [5.41, 5.74) is 1.32. The van der Waals surface area contributed by atoms with Crippen LogP contribution in [-0.4, -0.2) is 70.6 Å². The zero-order valence-corrected chi connectivity index (χ0v) is 17.5. The molecule has 0 radical (unpaired) electrons. The van der Waals surface area contributed by atoms with Crippen LogP contribution in [0.1, 0.15) is 63.8 Å². The molecule has 0 amide bonds. The third-order valence-electron chi connectivity index (χ3n) is 6.98. The number of anilines is 1. The second-order valence-corrected chi connectivity index (χ2v) is 8.92. The van der Waals surface area contributed by atoms with Gasteiger partial charge in [-0.3, -0.25) is 9.80 Å². The molecular formula is C22H37N5. The standard InChI is InChI=1S/C22H37N5/c1-4-7-19-14-23-18(3)24-22(19)25-12-9-20(10-13-25)26-15-21(16-26)27-11-6-5-8-17(27)2/h14,17,20-21H,4-13,15-16H2,1-3H3. The van der Waals surface area contributed by atoms with Crippen molar-refractivity contribution in [1.29, 1.82) is 0 Å². The number of aryl methyl sites for hydroxylation is 2. The third kappa shape index (κ3) is 4.14. The van der Waals surface area contributed by atoms with E-state index in [0.29, 0.717) is 0 Å². The number of hydrogen-bond acceptors (Lipinski definition) is 5. The van der Waals surface area contributed by atoms with Crippen molar-refractivity contribution in [2.75, 3.05) is 37.6 Å². The Morgan fingerprint density at radius 2 is 1.81 bits per heavy atom. The summed E-state index contributed by atoms with van der Waals surface area (Å²) in [6, 6.07) is 2.39. The van der Waals surface area contributed by atoms with Gasteiger partial charge in [0.1, 0.15) is 11.6 Å². The summed E-state index contributed by atoms with van der Waals surface area (Å²) in [6.45, 7) is 12.9. The van der Waals surface area contributed by atoms with Crippen LogP contribution in [0.2, 0.25) is 0 Å². The lowest BCUT2D eigenvalue weighted by molar-refractivity contribution is -0.0286. The van der Waals surface area contributed by atoms with E-state index in [1.807, 2.05) is 13.1 Å². The van der Waals surface area contributed by atoms with Crippen LogP contribution in [0.3, 0.4) is 0 Å². The Kier molecular flexibility index (Phi) is 5.98. The molecule has 0 bridgehead atoms. The van der Waals surface area contributed by atoms with Gasteiger partial charge in [-0.25, -0.2) is 9.97 Å². The molecule has 1 unspecified atom stereocenters. The van der Waals surface area contributed by atoms with Crippen LogP contribution in [0.4, 0.5) is 5.82 Å². The normalized spacial score (nSPS) is 26.3. The van der Waals surface area contributed by atoms with E-state index in [9.17, 15) is 0 Å². The second-order valence-electron chi connectivity index (χ2n) is 8.92. The molecular weight excluding hydrogens is 334 g/mol. The topological polar surface area (TPSA) is 35.5 Å². The van der Waals surface area contributed by atoms with Gasteiger partial charge in [0.15, 0.2) is 0 Å². The molecule has 4 rings (SSSR count). The van der Waals surface area contributed by atoms with Crippen LogP contribution in [0, 0.1) is 6.92 Å². The lowest BCUT2D eigenvalue weighted by Gasteiger charge is -2.53. The first kappa shape index (κ1) is 19.1. The molecule has 0 aliphatic carbocycles. The number of likely N-dealkylation sites (tertiary alicyclic amines) is 2. The fourth-order valence-corrected chi connectivity index (χ4v) is 5.30. The minimum absolute atomic E-state index is 0.773. The van der Waals surface area contributed by atoms with Crippen molar-refractivity contribution >= 4 is 5.82 Å². The first-order chi connectivity index (χ1) is 13.2. The lowest BCUT2D eigenvalue weighted by atomic mass is 9.93. The molecule has 1 aromatic rings. The van der Waals surface area contributed by atoms with Crippen molar-refractivity contribution in [3.63, 3.8) is 0 Å². The Bertz CT molecular complexity index is 619. The van der Waals surface area contributed by atoms with Gasteiger partial charge in [0.2, 0.25) is 0 Å². The number of nitrogens with zero attached hydrogens (tertiary/aromatic N) is 5. The quantitative estimate of drug-likeness (QED) is 0.794. The van der Waals surface area contributed by atoms with E-state index in [0.717, 1.165) is 49.9 Å². The first-order valence-corrected chi connectivity index (χ1v) is 11.2. The monoisotopic (exact) mass is 371 g/mol. The number of piperidine rings is 2. The molecule has 3 saturated heterocycles. The van der Waals surface area contributed by atoms with Crippen molar-refractivity contribution in [3.8, 4) is 0 Å². The highest BCUT2D eigenvalue weighted by Crippen LogP contribution is 2.30. The summed E-state index contributed by atoms with van der Waals surface area (Å²) in [5, 5.41) is 0. The fourth-order valence-electron chi connectivity index (χ4n) is 5.30. The summed E-state index contributed by atoms with van der Waals surface area (Å²) >= 11 is 0. The van der Waals surface area contributed by atoms with Crippen LogP contribution in [0.15, 0.2) is 6.20 Å². The van der Waals surface area contributed by atoms with E-state index < -0.39 is 0 Å².